The fourth-order valence-corrected chi connectivity index (χ4v) is 1.85. The van der Waals surface area contributed by atoms with Crippen LogP contribution in [-0.2, 0) is 22.1 Å². The van der Waals surface area contributed by atoms with E-state index in [1.807, 2.05) is 0 Å². The molecule has 0 aliphatic carbocycles. The van der Waals surface area contributed by atoms with E-state index < -0.39 is 29.8 Å². The first-order chi connectivity index (χ1) is 10.7. The molecule has 1 aromatic rings. The first-order valence-electron chi connectivity index (χ1n) is 6.56. The van der Waals surface area contributed by atoms with Crippen LogP contribution in [0.1, 0.15) is 11.1 Å². The standard InChI is InChI=1S/C15H16F3NO4/c1-3-7-23-14(22)19(2)12(13(20)21)9-10-5-4-6-11(8-10)15(16,17)18/h3-6,8,12H,1,7,9H2,2H3,(H,20,21)/t12-/m0/s1. The Labute approximate surface area is 131 Å². The zero-order valence-corrected chi connectivity index (χ0v) is 12.3. The Bertz CT molecular complexity index is 586. The number of hydrogen-bond acceptors (Lipinski definition) is 3. The fraction of sp³-hybridized carbons (Fsp3) is 0.333. The number of aliphatic carboxylic acids is 1. The predicted molar refractivity (Wildman–Crippen MR) is 75.9 cm³/mol. The maximum atomic E-state index is 12.7. The van der Waals surface area contributed by atoms with Gasteiger partial charge in [-0.05, 0) is 11.6 Å². The van der Waals surface area contributed by atoms with Crippen LogP contribution < -0.4 is 0 Å². The lowest BCUT2D eigenvalue weighted by molar-refractivity contribution is -0.142. The highest BCUT2D eigenvalue weighted by Crippen LogP contribution is 2.29. The minimum Gasteiger partial charge on any atom is -0.480 e. The van der Waals surface area contributed by atoms with Crippen LogP contribution in [0.2, 0.25) is 0 Å². The van der Waals surface area contributed by atoms with Crippen LogP contribution in [0.3, 0.4) is 0 Å². The van der Waals surface area contributed by atoms with Gasteiger partial charge in [-0.25, -0.2) is 9.59 Å². The molecule has 8 heteroatoms. The van der Waals surface area contributed by atoms with Gasteiger partial charge in [-0.3, -0.25) is 4.90 Å². The molecule has 5 nitrogen and oxygen atoms in total. The van der Waals surface area contributed by atoms with Gasteiger partial charge in [0.25, 0.3) is 0 Å². The molecule has 0 radical (unpaired) electrons. The molecule has 1 N–H and O–H groups in total. The molecule has 0 bridgehead atoms. The number of carbonyl (C=O) groups is 2. The number of amides is 1. The lowest BCUT2D eigenvalue weighted by Crippen LogP contribution is -2.44. The highest BCUT2D eigenvalue weighted by Gasteiger charge is 2.32. The molecular formula is C15H16F3NO4. The monoisotopic (exact) mass is 331 g/mol. The molecule has 1 aromatic carbocycles. The molecule has 23 heavy (non-hydrogen) atoms. The number of ether oxygens (including phenoxy) is 1. The number of halogens is 3. The van der Waals surface area contributed by atoms with E-state index in [1.54, 1.807) is 0 Å². The number of benzene rings is 1. The third-order valence-electron chi connectivity index (χ3n) is 3.05. The number of carboxylic acids is 1. The van der Waals surface area contributed by atoms with Crippen LogP contribution in [0.25, 0.3) is 0 Å². The van der Waals surface area contributed by atoms with Gasteiger partial charge < -0.3 is 9.84 Å². The Morgan fingerprint density at radius 1 is 1.43 bits per heavy atom. The predicted octanol–water partition coefficient (Wildman–Crippen LogP) is 2.96. The van der Waals surface area contributed by atoms with Gasteiger partial charge in [0.2, 0.25) is 0 Å². The Morgan fingerprint density at radius 2 is 2.09 bits per heavy atom. The zero-order valence-electron chi connectivity index (χ0n) is 12.3. The number of likely N-dealkylation sites (N-methyl/N-ethyl adjacent to an activating group) is 1. The lowest BCUT2D eigenvalue weighted by Gasteiger charge is -2.24. The average Bonchev–Trinajstić information content (AvgIpc) is 2.48. The SMILES string of the molecule is C=CCOC(=O)N(C)[C@@H](Cc1cccc(C(F)(F)F)c1)C(=O)O. The summed E-state index contributed by atoms with van der Waals surface area (Å²) in [6.45, 7) is 3.26. The summed E-state index contributed by atoms with van der Waals surface area (Å²) in [4.78, 5) is 23.8. The van der Waals surface area contributed by atoms with E-state index in [0.29, 0.717) is 0 Å². The molecule has 0 aliphatic heterocycles. The second-order valence-electron chi connectivity index (χ2n) is 4.73. The van der Waals surface area contributed by atoms with Gasteiger partial charge in [0.1, 0.15) is 12.6 Å². The van der Waals surface area contributed by atoms with E-state index >= 15 is 0 Å². The van der Waals surface area contributed by atoms with Crippen LogP contribution in [0, 0.1) is 0 Å². The Hall–Kier alpha value is -2.51. The quantitative estimate of drug-likeness (QED) is 0.814. The maximum absolute atomic E-state index is 12.7. The van der Waals surface area contributed by atoms with E-state index in [9.17, 15) is 27.9 Å². The second kappa shape index (κ2) is 7.66. The molecule has 0 unspecified atom stereocenters. The summed E-state index contributed by atoms with van der Waals surface area (Å²) in [6, 6.07) is 2.96. The lowest BCUT2D eigenvalue weighted by atomic mass is 10.0. The summed E-state index contributed by atoms with van der Waals surface area (Å²) in [5.74, 6) is -1.35. The molecule has 0 fully saturated rings. The third kappa shape index (κ3) is 5.32. The van der Waals surface area contributed by atoms with Crippen LogP contribution in [0.15, 0.2) is 36.9 Å². The smallest absolute Gasteiger partial charge is 0.416 e. The van der Waals surface area contributed by atoms with Crippen LogP contribution in [-0.4, -0.2) is 41.8 Å². The van der Waals surface area contributed by atoms with Crippen molar-refractivity contribution in [1.82, 2.24) is 4.90 Å². The van der Waals surface area contributed by atoms with Crippen molar-refractivity contribution in [3.05, 3.63) is 48.0 Å². The highest BCUT2D eigenvalue weighted by atomic mass is 19.4. The number of carboxylic acid groups (broad SMARTS) is 1. The Kier molecular flexibility index (Phi) is 6.18. The minimum absolute atomic E-state index is 0.0981. The van der Waals surface area contributed by atoms with Gasteiger partial charge >= 0.3 is 18.2 Å². The Balaban J connectivity index is 2.94. The summed E-state index contributed by atoms with van der Waals surface area (Å²) in [5, 5.41) is 9.22. The molecular weight excluding hydrogens is 315 g/mol. The van der Waals surface area contributed by atoms with Crippen molar-refractivity contribution in [3.63, 3.8) is 0 Å². The summed E-state index contributed by atoms with van der Waals surface area (Å²) >= 11 is 0. The highest BCUT2D eigenvalue weighted by molar-refractivity contribution is 5.80. The topological polar surface area (TPSA) is 66.8 Å². The van der Waals surface area contributed by atoms with Gasteiger partial charge in [0.05, 0.1) is 5.56 Å². The number of hydrogen-bond donors (Lipinski definition) is 1. The molecule has 0 saturated carbocycles. The molecule has 1 amide bonds. The molecule has 126 valence electrons. The van der Waals surface area contributed by atoms with Gasteiger partial charge in [0.15, 0.2) is 0 Å². The van der Waals surface area contributed by atoms with E-state index in [0.717, 1.165) is 17.0 Å². The number of carbonyl (C=O) groups excluding carboxylic acids is 1. The van der Waals surface area contributed by atoms with Crippen LogP contribution in [0.5, 0.6) is 0 Å². The van der Waals surface area contributed by atoms with Gasteiger partial charge in [0, 0.05) is 13.5 Å². The van der Waals surface area contributed by atoms with Crippen LogP contribution in [0.4, 0.5) is 18.0 Å². The van der Waals surface area contributed by atoms with Crippen LogP contribution >= 0.6 is 0 Å². The van der Waals surface area contributed by atoms with E-state index in [-0.39, 0.29) is 18.6 Å². The average molecular weight is 331 g/mol. The molecule has 0 aromatic heterocycles. The fourth-order valence-electron chi connectivity index (χ4n) is 1.85. The number of alkyl halides is 3. The van der Waals surface area contributed by atoms with Gasteiger partial charge in [-0.15, -0.1) is 0 Å². The normalized spacial score (nSPS) is 12.3. The van der Waals surface area contributed by atoms with Crippen molar-refractivity contribution in [3.8, 4) is 0 Å². The largest absolute Gasteiger partial charge is 0.480 e. The summed E-state index contributed by atoms with van der Waals surface area (Å²) < 4.78 is 42.8. The first kappa shape index (κ1) is 18.5. The van der Waals surface area contributed by atoms with E-state index in [2.05, 4.69) is 6.58 Å². The molecule has 0 saturated heterocycles. The molecule has 0 spiro atoms. The second-order valence-corrected chi connectivity index (χ2v) is 4.73. The van der Waals surface area contributed by atoms with Crippen molar-refractivity contribution < 1.29 is 32.6 Å². The number of nitrogens with zero attached hydrogens (tertiary/aromatic N) is 1. The van der Waals surface area contributed by atoms with Gasteiger partial charge in [-0.2, -0.15) is 13.2 Å². The maximum Gasteiger partial charge on any atom is 0.416 e. The summed E-state index contributed by atoms with van der Waals surface area (Å²) in [5.41, 5.74) is -0.730. The molecule has 0 aliphatic rings. The first-order valence-corrected chi connectivity index (χ1v) is 6.56. The Morgan fingerprint density at radius 3 is 2.61 bits per heavy atom. The van der Waals surface area contributed by atoms with Crippen molar-refractivity contribution in [2.45, 2.75) is 18.6 Å². The third-order valence-corrected chi connectivity index (χ3v) is 3.05. The van der Waals surface area contributed by atoms with Gasteiger partial charge in [-0.1, -0.05) is 30.9 Å². The molecule has 1 rings (SSSR count). The summed E-state index contributed by atoms with van der Waals surface area (Å²) in [6.07, 6.45) is -4.39. The van der Waals surface area contributed by atoms with Crippen molar-refractivity contribution in [2.24, 2.45) is 0 Å². The van der Waals surface area contributed by atoms with Crippen molar-refractivity contribution in [1.29, 1.82) is 0 Å². The van der Waals surface area contributed by atoms with Crippen molar-refractivity contribution in [2.75, 3.05) is 13.7 Å². The van der Waals surface area contributed by atoms with E-state index in [4.69, 9.17) is 4.74 Å². The molecule has 1 atom stereocenters. The zero-order chi connectivity index (χ0) is 17.6. The minimum atomic E-state index is -4.52. The van der Waals surface area contributed by atoms with E-state index in [1.165, 1.54) is 25.3 Å². The summed E-state index contributed by atoms with van der Waals surface area (Å²) in [7, 11) is 1.21. The van der Waals surface area contributed by atoms with Crippen molar-refractivity contribution >= 4 is 12.1 Å². The number of rotatable bonds is 6. The molecule has 0 heterocycles.